The Kier molecular flexibility index (Phi) is 3.88. The predicted molar refractivity (Wildman–Crippen MR) is 100 cm³/mol. The molecule has 0 radical (unpaired) electrons. The average molecular weight is 414 g/mol. The largest absolute Gasteiger partial charge is 0.378 e. The van der Waals surface area contributed by atoms with Crippen molar-refractivity contribution in [2.24, 2.45) is 0 Å². The van der Waals surface area contributed by atoms with Crippen molar-refractivity contribution < 1.29 is 0 Å². The first-order valence-corrected chi connectivity index (χ1v) is 8.57. The number of rotatable bonds is 1. The molecule has 1 aliphatic carbocycles. The molecule has 0 fully saturated rings. The van der Waals surface area contributed by atoms with Gasteiger partial charge in [-0.25, -0.2) is 9.56 Å². The summed E-state index contributed by atoms with van der Waals surface area (Å²) >= 11 is 4.24. The molecule has 0 saturated heterocycles. The summed E-state index contributed by atoms with van der Waals surface area (Å²) in [5.41, 5.74) is 3.34. The third kappa shape index (κ3) is 2.64. The van der Waals surface area contributed by atoms with E-state index in [1.54, 1.807) is 0 Å². The van der Waals surface area contributed by atoms with Gasteiger partial charge in [-0.05, 0) is 46.9 Å². The van der Waals surface area contributed by atoms with Crippen LogP contribution in [0.5, 0.6) is 0 Å². The Morgan fingerprint density at radius 1 is 1.14 bits per heavy atom. The van der Waals surface area contributed by atoms with Gasteiger partial charge in [-0.1, -0.05) is 0 Å². The molecule has 0 spiro atoms. The lowest BCUT2D eigenvalue weighted by Gasteiger charge is -2.14. The number of aromatic nitrogens is 1. The van der Waals surface area contributed by atoms with Gasteiger partial charge in [0.15, 0.2) is 0 Å². The second-order valence-electron chi connectivity index (χ2n) is 5.40. The maximum absolute atomic E-state index is 4.81. The number of fused-ring (bicyclic) bond motifs is 2. The fourth-order valence-electron chi connectivity index (χ4n) is 2.26. The minimum Gasteiger partial charge on any atom is -0.378 e. The van der Waals surface area contributed by atoms with Gasteiger partial charge in [0.2, 0.25) is 5.36 Å². The molecule has 0 bridgehead atoms. The normalized spacial score (nSPS) is 11.1. The van der Waals surface area contributed by atoms with E-state index in [-0.39, 0.29) is 0 Å². The van der Waals surface area contributed by atoms with E-state index in [4.69, 9.17) is 4.98 Å². The fraction of sp³-hybridized carbons (Fsp3) is 0.250. The van der Waals surface area contributed by atoms with Crippen molar-refractivity contribution in [3.63, 3.8) is 0 Å². The highest BCUT2D eigenvalue weighted by atomic mass is 131. The van der Waals surface area contributed by atoms with Crippen LogP contribution in [0.25, 0.3) is 20.8 Å². The summed E-state index contributed by atoms with van der Waals surface area (Å²) in [6, 6.07) is 10.7. The van der Waals surface area contributed by atoms with Gasteiger partial charge in [-0.3, -0.25) is 0 Å². The van der Waals surface area contributed by atoms with Gasteiger partial charge < -0.3 is 4.90 Å². The van der Waals surface area contributed by atoms with Crippen LogP contribution in [0.1, 0.15) is 0 Å². The van der Waals surface area contributed by atoms with Crippen molar-refractivity contribution in [1.29, 1.82) is 0 Å². The van der Waals surface area contributed by atoms with E-state index < -0.39 is 0 Å². The molecule has 1 aliphatic heterocycles. The number of halogens is 1. The summed E-state index contributed by atoms with van der Waals surface area (Å²) in [6.45, 7) is 0. The van der Waals surface area contributed by atoms with Gasteiger partial charge >= 0.3 is 0 Å². The van der Waals surface area contributed by atoms with E-state index in [1.165, 1.54) is 24.2 Å². The first-order valence-electron chi connectivity index (χ1n) is 6.68. The Hall–Kier alpha value is -1.21. The van der Waals surface area contributed by atoms with Crippen molar-refractivity contribution in [2.45, 2.75) is 0 Å². The molecule has 1 aromatic rings. The Labute approximate surface area is 142 Å². The number of hydrogen-bond acceptors (Lipinski definition) is 3. The minimum atomic E-state index is 1.06. The van der Waals surface area contributed by atoms with Crippen LogP contribution < -0.4 is 14.8 Å². The Bertz CT molecular complexity index is 863. The summed E-state index contributed by atoms with van der Waals surface area (Å²) in [5.74, 6) is 0. The first kappa shape index (κ1) is 14.7. The van der Waals surface area contributed by atoms with Crippen molar-refractivity contribution >= 4 is 49.8 Å². The zero-order valence-electron chi connectivity index (χ0n) is 12.5. The third-order valence-corrected chi connectivity index (χ3v) is 6.07. The van der Waals surface area contributed by atoms with Crippen LogP contribution in [-0.2, 0) is 0 Å². The molecule has 0 amide bonds. The van der Waals surface area contributed by atoms with Gasteiger partial charge in [-0.2, -0.15) is 0 Å². The maximum Gasteiger partial charge on any atom is 0.214 e. The molecule has 3 nitrogen and oxygen atoms in total. The minimum absolute atomic E-state index is 1.06. The van der Waals surface area contributed by atoms with Crippen LogP contribution in [0.4, 0.5) is 5.69 Å². The second kappa shape index (κ2) is 5.53. The summed E-state index contributed by atoms with van der Waals surface area (Å²) in [5, 5.41) is 1.24. The topological polar surface area (TPSA) is 19.1 Å². The average Bonchev–Trinajstić information content (AvgIpc) is 2.45. The Morgan fingerprint density at radius 2 is 1.90 bits per heavy atom. The van der Waals surface area contributed by atoms with E-state index in [1.807, 2.05) is 11.3 Å². The van der Waals surface area contributed by atoms with Crippen LogP contribution in [0, 0.1) is 3.57 Å². The number of nitrogens with zero attached hydrogens (tertiary/aromatic N) is 3. The zero-order valence-corrected chi connectivity index (χ0v) is 15.5. The van der Waals surface area contributed by atoms with Crippen molar-refractivity contribution in [2.75, 3.05) is 33.1 Å². The molecule has 0 saturated carbocycles. The first-order chi connectivity index (χ1) is 9.97. The van der Waals surface area contributed by atoms with E-state index >= 15 is 0 Å². The molecule has 2 aliphatic rings. The van der Waals surface area contributed by atoms with Crippen molar-refractivity contribution in [3.05, 3.63) is 39.3 Å². The van der Waals surface area contributed by atoms with E-state index in [0.29, 0.717) is 0 Å². The summed E-state index contributed by atoms with van der Waals surface area (Å²) in [4.78, 5) is 8.19. The second-order valence-corrected chi connectivity index (χ2v) is 7.53. The maximum atomic E-state index is 4.81. The summed E-state index contributed by atoms with van der Waals surface area (Å²) < 4.78 is 4.64. The lowest BCUT2D eigenvalue weighted by molar-refractivity contribution is 0.809. The molecule has 5 heteroatoms. The standard InChI is InChI=1S/C16H17IN3S/c1-19(2)10-5-6-11-14(9-10)21-16-12(18-11)7-8-13(15(16)17)20(3)4/h5-9H,1-4H3/q+1/i17+4. The molecule has 3 rings (SSSR count). The van der Waals surface area contributed by atoms with E-state index in [9.17, 15) is 0 Å². The quantitative estimate of drug-likeness (QED) is 0.346. The molecule has 21 heavy (non-hydrogen) atoms. The van der Waals surface area contributed by atoms with Gasteiger partial charge in [0.25, 0.3) is 0 Å². The molecule has 0 N–H and O–H groups in total. The van der Waals surface area contributed by atoms with Crippen LogP contribution in [0.2, 0.25) is 0 Å². The zero-order chi connectivity index (χ0) is 15.1. The van der Waals surface area contributed by atoms with E-state index in [0.717, 1.165) is 11.2 Å². The molecule has 0 aromatic heterocycles. The van der Waals surface area contributed by atoms with Crippen LogP contribution >= 0.6 is 33.9 Å². The molecule has 0 unspecified atom stereocenters. The highest BCUT2D eigenvalue weighted by Crippen LogP contribution is 2.34. The summed E-state index contributed by atoms with van der Waals surface area (Å²) in [6.07, 6.45) is 0. The van der Waals surface area contributed by atoms with Crippen LogP contribution in [0.15, 0.2) is 30.3 Å². The van der Waals surface area contributed by atoms with Crippen LogP contribution in [0.3, 0.4) is 0 Å². The highest BCUT2D eigenvalue weighted by molar-refractivity contribution is 14.1. The third-order valence-electron chi connectivity index (χ3n) is 3.45. The highest BCUT2D eigenvalue weighted by Gasteiger charge is 2.15. The van der Waals surface area contributed by atoms with Gasteiger partial charge in [0.05, 0.1) is 20.8 Å². The Balaban J connectivity index is 2.38. The smallest absolute Gasteiger partial charge is 0.214 e. The molecule has 1 aromatic carbocycles. The number of benzene rings is 2. The molecule has 108 valence electrons. The lowest BCUT2D eigenvalue weighted by Crippen LogP contribution is -2.24. The van der Waals surface area contributed by atoms with Gasteiger partial charge in [0, 0.05) is 25.8 Å². The van der Waals surface area contributed by atoms with Crippen molar-refractivity contribution in [3.8, 4) is 10.6 Å². The number of hydrogen-bond donors (Lipinski definition) is 0. The van der Waals surface area contributed by atoms with Gasteiger partial charge in [-0.15, -0.1) is 11.3 Å². The SMILES string of the molecule is CN(C)c1ccc2nc3ccc(=[N+](C)C)c([131I])c-3sc2c1. The Morgan fingerprint density at radius 3 is 2.57 bits per heavy atom. The monoisotopic (exact) mass is 414 g/mol. The van der Waals surface area contributed by atoms with Crippen molar-refractivity contribution in [1.82, 2.24) is 9.56 Å². The molecular weight excluding hydrogens is 397 g/mol. The fourth-order valence-corrected chi connectivity index (χ4v) is 4.56. The molecule has 0 atom stereocenters. The van der Waals surface area contributed by atoms with Crippen LogP contribution in [-0.4, -0.2) is 33.2 Å². The summed E-state index contributed by atoms with van der Waals surface area (Å²) in [7, 11) is 8.28. The van der Waals surface area contributed by atoms with E-state index in [2.05, 4.69) is 90.6 Å². The number of anilines is 1. The lowest BCUT2D eigenvalue weighted by atomic mass is 10.2. The predicted octanol–water partition coefficient (Wildman–Crippen LogP) is 3.10. The molecule has 1 heterocycles. The van der Waals surface area contributed by atoms with Gasteiger partial charge in [0.1, 0.15) is 17.7 Å². The molecular formula is C16H17IN3S+.